The van der Waals surface area contributed by atoms with Gasteiger partial charge < -0.3 is 5.32 Å². The fraction of sp³-hybridized carbons (Fsp3) is 0.0833. The molecule has 0 unspecified atom stereocenters. The molecule has 0 aliphatic rings. The molecule has 2 aromatic rings. The predicted molar refractivity (Wildman–Crippen MR) is 69.3 cm³/mol. The Balaban J connectivity index is 2.18. The lowest BCUT2D eigenvalue weighted by molar-refractivity contribution is 1.03. The molecular weight excluding hydrogens is 280 g/mol. The summed E-state index contributed by atoms with van der Waals surface area (Å²) in [6.07, 6.45) is 0. The highest BCUT2D eigenvalue weighted by Gasteiger charge is 2.00. The van der Waals surface area contributed by atoms with Crippen LogP contribution in [0.4, 0.5) is 5.82 Å². The van der Waals surface area contributed by atoms with E-state index in [0.717, 1.165) is 15.7 Å². The Morgan fingerprint density at radius 1 is 1.12 bits per heavy atom. The van der Waals surface area contributed by atoms with Crippen molar-refractivity contribution in [3.63, 3.8) is 0 Å². The zero-order valence-electron chi connectivity index (χ0n) is 8.89. The van der Waals surface area contributed by atoms with Gasteiger partial charge in [-0.25, -0.2) is 0 Å². The highest BCUT2D eigenvalue weighted by Crippen LogP contribution is 2.19. The van der Waals surface area contributed by atoms with Crippen LogP contribution >= 0.6 is 15.9 Å². The minimum atomic E-state index is 0.228. The highest BCUT2D eigenvalue weighted by atomic mass is 79.9. The fourth-order valence-electron chi connectivity index (χ4n) is 1.33. The molecule has 0 amide bonds. The minimum Gasteiger partial charge on any atom is -0.356 e. The maximum absolute atomic E-state index is 8.42. The van der Waals surface area contributed by atoms with Crippen molar-refractivity contribution >= 4 is 21.7 Å². The van der Waals surface area contributed by atoms with Gasteiger partial charge in [-0.3, -0.25) is 0 Å². The summed E-state index contributed by atoms with van der Waals surface area (Å²) >= 11 is 3.38. The van der Waals surface area contributed by atoms with E-state index >= 15 is 0 Å². The van der Waals surface area contributed by atoms with E-state index in [1.54, 1.807) is 0 Å². The van der Waals surface area contributed by atoms with E-state index in [1.165, 1.54) is 0 Å². The normalized spacial score (nSPS) is 9.65. The Bertz CT molecular complexity index is 528. The maximum Gasteiger partial charge on any atom is 0.149 e. The average molecular weight is 289 g/mol. The van der Waals surface area contributed by atoms with Gasteiger partial charge in [0.2, 0.25) is 0 Å². The van der Waals surface area contributed by atoms with Crippen molar-refractivity contribution in [3.05, 3.63) is 40.9 Å². The third kappa shape index (κ3) is 3.02. The molecule has 0 atom stereocenters. The topological polar surface area (TPSA) is 61.6 Å². The van der Waals surface area contributed by atoms with Crippen LogP contribution in [0, 0.1) is 11.3 Å². The number of hydrogen-bond donors (Lipinski definition) is 1. The Morgan fingerprint density at radius 3 is 2.47 bits per heavy atom. The molecule has 1 aromatic carbocycles. The van der Waals surface area contributed by atoms with Gasteiger partial charge in [0, 0.05) is 10.0 Å². The lowest BCUT2D eigenvalue weighted by Gasteiger charge is -2.02. The van der Waals surface area contributed by atoms with Crippen LogP contribution in [-0.4, -0.2) is 16.7 Å². The van der Waals surface area contributed by atoms with Crippen LogP contribution in [0.2, 0.25) is 0 Å². The van der Waals surface area contributed by atoms with E-state index in [9.17, 15) is 0 Å². The molecule has 0 aliphatic carbocycles. The van der Waals surface area contributed by atoms with Crippen molar-refractivity contribution in [2.24, 2.45) is 0 Å². The number of hydrogen-bond acceptors (Lipinski definition) is 4. The largest absolute Gasteiger partial charge is 0.356 e. The summed E-state index contributed by atoms with van der Waals surface area (Å²) in [5.41, 5.74) is 1.81. The molecule has 0 aliphatic heterocycles. The fourth-order valence-corrected chi connectivity index (χ4v) is 1.60. The van der Waals surface area contributed by atoms with Crippen molar-refractivity contribution < 1.29 is 0 Å². The van der Waals surface area contributed by atoms with Crippen LogP contribution in [0.1, 0.15) is 0 Å². The molecule has 0 spiro atoms. The molecular formula is C12H9BrN4. The molecule has 4 nitrogen and oxygen atoms in total. The third-order valence-corrected chi connectivity index (χ3v) is 2.68. The molecule has 5 heteroatoms. The summed E-state index contributed by atoms with van der Waals surface area (Å²) in [5, 5.41) is 19.3. The first-order valence-corrected chi connectivity index (χ1v) is 5.79. The number of nitrogens with one attached hydrogen (secondary N) is 1. The molecule has 2 rings (SSSR count). The molecule has 0 saturated carbocycles. The van der Waals surface area contributed by atoms with Crippen LogP contribution in [-0.2, 0) is 0 Å². The monoisotopic (exact) mass is 288 g/mol. The number of aromatic nitrogens is 2. The standard InChI is InChI=1S/C12H9BrN4/c13-10-3-1-9(2-4-10)11-5-6-12(17-16-11)15-8-7-14/h1-6H,8H2,(H,15,17). The van der Waals surface area contributed by atoms with Gasteiger partial charge in [0.05, 0.1) is 11.8 Å². The second-order valence-electron chi connectivity index (χ2n) is 3.32. The SMILES string of the molecule is N#CCNc1ccc(-c2ccc(Br)cc2)nn1. The Kier molecular flexibility index (Phi) is 3.68. The number of benzene rings is 1. The summed E-state index contributed by atoms with van der Waals surface area (Å²) in [5.74, 6) is 0.604. The molecule has 0 radical (unpaired) electrons. The molecule has 0 fully saturated rings. The van der Waals surface area contributed by atoms with E-state index in [4.69, 9.17) is 5.26 Å². The minimum absolute atomic E-state index is 0.228. The van der Waals surface area contributed by atoms with Gasteiger partial charge in [0.25, 0.3) is 0 Å². The van der Waals surface area contributed by atoms with Crippen LogP contribution < -0.4 is 5.32 Å². The number of rotatable bonds is 3. The van der Waals surface area contributed by atoms with Crippen LogP contribution in [0.5, 0.6) is 0 Å². The van der Waals surface area contributed by atoms with Gasteiger partial charge >= 0.3 is 0 Å². The number of anilines is 1. The Morgan fingerprint density at radius 2 is 1.88 bits per heavy atom. The quantitative estimate of drug-likeness (QED) is 0.883. The third-order valence-electron chi connectivity index (χ3n) is 2.15. The van der Waals surface area contributed by atoms with Gasteiger partial charge in [-0.15, -0.1) is 10.2 Å². The summed E-state index contributed by atoms with van der Waals surface area (Å²) in [4.78, 5) is 0. The zero-order valence-corrected chi connectivity index (χ0v) is 10.5. The molecule has 0 bridgehead atoms. The lowest BCUT2D eigenvalue weighted by Crippen LogP contribution is -2.01. The zero-order chi connectivity index (χ0) is 12.1. The van der Waals surface area contributed by atoms with Gasteiger partial charge in [0.15, 0.2) is 0 Å². The lowest BCUT2D eigenvalue weighted by atomic mass is 10.1. The van der Waals surface area contributed by atoms with Gasteiger partial charge in [-0.2, -0.15) is 5.26 Å². The summed E-state index contributed by atoms with van der Waals surface area (Å²) in [6.45, 7) is 0.228. The Hall–Kier alpha value is -1.93. The molecule has 84 valence electrons. The van der Waals surface area contributed by atoms with Gasteiger partial charge in [-0.1, -0.05) is 28.1 Å². The molecule has 1 aromatic heterocycles. The predicted octanol–water partition coefficient (Wildman–Crippen LogP) is 2.84. The van der Waals surface area contributed by atoms with Gasteiger partial charge in [0.1, 0.15) is 12.4 Å². The molecule has 1 N–H and O–H groups in total. The molecule has 0 saturated heterocycles. The first kappa shape index (κ1) is 11.6. The first-order valence-electron chi connectivity index (χ1n) is 5.00. The number of nitrogens with zero attached hydrogens (tertiary/aromatic N) is 3. The second-order valence-corrected chi connectivity index (χ2v) is 4.24. The van der Waals surface area contributed by atoms with E-state index in [2.05, 4.69) is 31.4 Å². The molecule has 1 heterocycles. The van der Waals surface area contributed by atoms with E-state index in [1.807, 2.05) is 42.5 Å². The Labute approximate surface area is 107 Å². The van der Waals surface area contributed by atoms with Crippen LogP contribution in [0.3, 0.4) is 0 Å². The van der Waals surface area contributed by atoms with Crippen LogP contribution in [0.25, 0.3) is 11.3 Å². The highest BCUT2D eigenvalue weighted by molar-refractivity contribution is 9.10. The summed E-state index contributed by atoms with van der Waals surface area (Å²) < 4.78 is 1.03. The van der Waals surface area contributed by atoms with Crippen molar-refractivity contribution in [2.75, 3.05) is 11.9 Å². The van der Waals surface area contributed by atoms with E-state index in [0.29, 0.717) is 5.82 Å². The van der Waals surface area contributed by atoms with E-state index < -0.39 is 0 Å². The van der Waals surface area contributed by atoms with Crippen LogP contribution in [0.15, 0.2) is 40.9 Å². The van der Waals surface area contributed by atoms with Crippen molar-refractivity contribution in [1.82, 2.24) is 10.2 Å². The summed E-state index contributed by atoms with van der Waals surface area (Å²) in [7, 11) is 0. The molecule has 17 heavy (non-hydrogen) atoms. The average Bonchev–Trinajstić information content (AvgIpc) is 2.38. The summed E-state index contributed by atoms with van der Waals surface area (Å²) in [6, 6.07) is 13.5. The van der Waals surface area contributed by atoms with E-state index in [-0.39, 0.29) is 6.54 Å². The smallest absolute Gasteiger partial charge is 0.149 e. The van der Waals surface area contributed by atoms with Crippen molar-refractivity contribution in [2.45, 2.75) is 0 Å². The van der Waals surface area contributed by atoms with Crippen molar-refractivity contribution in [3.8, 4) is 17.3 Å². The maximum atomic E-state index is 8.42. The van der Waals surface area contributed by atoms with Crippen molar-refractivity contribution in [1.29, 1.82) is 5.26 Å². The second kappa shape index (κ2) is 5.41. The first-order chi connectivity index (χ1) is 8.29. The van der Waals surface area contributed by atoms with Gasteiger partial charge in [-0.05, 0) is 24.3 Å². The number of halogens is 1. The number of nitriles is 1.